The first kappa shape index (κ1) is 16.7. The van der Waals surface area contributed by atoms with Crippen LogP contribution in [0, 0.1) is 0 Å². The number of imidazole rings is 1. The molecule has 26 heavy (non-hydrogen) atoms. The number of nitrogens with zero attached hydrogens (tertiary/aromatic N) is 4. The van der Waals surface area contributed by atoms with Crippen molar-refractivity contribution >= 4 is 23.3 Å². The van der Waals surface area contributed by atoms with Gasteiger partial charge in [0.25, 0.3) is 0 Å². The molecule has 4 rings (SSSR count). The monoisotopic (exact) mass is 370 g/mol. The minimum atomic E-state index is -0.232. The second kappa shape index (κ2) is 7.21. The highest BCUT2D eigenvalue weighted by Crippen LogP contribution is 2.30. The number of carbonyl (C=O) groups excluding carboxylic acids is 1. The Labute approximate surface area is 156 Å². The molecule has 0 bridgehead atoms. The molecule has 134 valence electrons. The molecule has 0 unspecified atom stereocenters. The number of carbonyl (C=O) groups is 1. The highest BCUT2D eigenvalue weighted by Gasteiger charge is 2.29. The summed E-state index contributed by atoms with van der Waals surface area (Å²) in [5.41, 5.74) is 1.40. The Balaban J connectivity index is 1.41. The van der Waals surface area contributed by atoms with Crippen molar-refractivity contribution in [3.63, 3.8) is 0 Å². The van der Waals surface area contributed by atoms with Crippen LogP contribution in [-0.4, -0.2) is 31.4 Å². The highest BCUT2D eigenvalue weighted by molar-refractivity contribution is 6.32. The van der Waals surface area contributed by atoms with E-state index in [-0.39, 0.29) is 18.1 Å². The molecule has 1 saturated carbocycles. The van der Waals surface area contributed by atoms with Gasteiger partial charge in [0.05, 0.1) is 29.1 Å². The van der Waals surface area contributed by atoms with Crippen LogP contribution in [0.1, 0.15) is 25.3 Å². The Kier molecular flexibility index (Phi) is 4.62. The molecular formula is C18H19ClN6O. The van der Waals surface area contributed by atoms with Crippen LogP contribution in [0.3, 0.4) is 0 Å². The summed E-state index contributed by atoms with van der Waals surface area (Å²) in [7, 11) is 0. The zero-order valence-electron chi connectivity index (χ0n) is 14.0. The molecule has 8 heteroatoms. The predicted molar refractivity (Wildman–Crippen MR) is 99.6 cm³/mol. The van der Waals surface area contributed by atoms with Gasteiger partial charge in [-0.15, -0.1) is 0 Å². The summed E-state index contributed by atoms with van der Waals surface area (Å²) in [6.45, 7) is 0. The van der Waals surface area contributed by atoms with Gasteiger partial charge in [-0.05, 0) is 43.5 Å². The van der Waals surface area contributed by atoms with Gasteiger partial charge in [0.2, 0.25) is 0 Å². The van der Waals surface area contributed by atoms with E-state index in [0.29, 0.717) is 10.7 Å². The number of nitrogens with one attached hydrogen (secondary N) is 2. The van der Waals surface area contributed by atoms with Gasteiger partial charge < -0.3 is 15.2 Å². The Morgan fingerprint density at radius 1 is 1.23 bits per heavy atom. The smallest absolute Gasteiger partial charge is 0.319 e. The van der Waals surface area contributed by atoms with Gasteiger partial charge in [0.15, 0.2) is 0 Å². The largest absolute Gasteiger partial charge is 0.333 e. The molecule has 2 N–H and O–H groups in total. The van der Waals surface area contributed by atoms with Gasteiger partial charge in [-0.25, -0.2) is 14.5 Å². The first-order chi connectivity index (χ1) is 12.7. The molecular weight excluding hydrogens is 352 g/mol. The lowest BCUT2D eigenvalue weighted by Gasteiger charge is -2.22. The molecule has 1 aliphatic carbocycles. The summed E-state index contributed by atoms with van der Waals surface area (Å²) >= 11 is 6.32. The molecule has 1 fully saturated rings. The van der Waals surface area contributed by atoms with E-state index in [1.54, 1.807) is 29.5 Å². The second-order valence-corrected chi connectivity index (χ2v) is 6.74. The van der Waals surface area contributed by atoms with E-state index in [1.807, 2.05) is 30.6 Å². The molecule has 2 atom stereocenters. The molecule has 3 aromatic rings. The Morgan fingerprint density at radius 3 is 2.88 bits per heavy atom. The Bertz CT molecular complexity index is 877. The fraction of sp³-hybridized carbons (Fsp3) is 0.278. The van der Waals surface area contributed by atoms with Crippen LogP contribution in [-0.2, 0) is 0 Å². The minimum Gasteiger partial charge on any atom is -0.333 e. The Morgan fingerprint density at radius 2 is 2.15 bits per heavy atom. The van der Waals surface area contributed by atoms with E-state index in [2.05, 4.69) is 25.3 Å². The SMILES string of the molecule is O=C(Nc1ccc(-n2cccn2)c(Cl)c1)N[C@@H]1CCC[C@H]1n1ccnc1. The number of rotatable bonds is 4. The van der Waals surface area contributed by atoms with Gasteiger partial charge in [0.1, 0.15) is 0 Å². The highest BCUT2D eigenvalue weighted by atomic mass is 35.5. The fourth-order valence-electron chi connectivity index (χ4n) is 3.45. The van der Waals surface area contributed by atoms with Gasteiger partial charge in [-0.3, -0.25) is 0 Å². The zero-order chi connectivity index (χ0) is 17.9. The number of anilines is 1. The quantitative estimate of drug-likeness (QED) is 0.736. The number of halogens is 1. The molecule has 2 heterocycles. The number of hydrogen-bond donors (Lipinski definition) is 2. The molecule has 2 amide bonds. The van der Waals surface area contributed by atoms with Crippen molar-refractivity contribution in [2.24, 2.45) is 0 Å². The number of benzene rings is 1. The molecule has 0 radical (unpaired) electrons. The van der Waals surface area contributed by atoms with Crippen molar-refractivity contribution in [2.45, 2.75) is 31.3 Å². The maximum Gasteiger partial charge on any atom is 0.319 e. The van der Waals surface area contributed by atoms with E-state index < -0.39 is 0 Å². The average Bonchev–Trinajstić information content (AvgIpc) is 3.37. The third-order valence-electron chi connectivity index (χ3n) is 4.66. The van der Waals surface area contributed by atoms with Crippen LogP contribution >= 0.6 is 11.6 Å². The maximum absolute atomic E-state index is 12.4. The van der Waals surface area contributed by atoms with Crippen molar-refractivity contribution in [2.75, 3.05) is 5.32 Å². The van der Waals surface area contributed by atoms with Gasteiger partial charge in [0, 0.05) is 30.5 Å². The van der Waals surface area contributed by atoms with Gasteiger partial charge in [-0.2, -0.15) is 5.10 Å². The molecule has 2 aromatic heterocycles. The van der Waals surface area contributed by atoms with Crippen LogP contribution in [0.4, 0.5) is 10.5 Å². The fourth-order valence-corrected chi connectivity index (χ4v) is 3.72. The zero-order valence-corrected chi connectivity index (χ0v) is 14.8. The van der Waals surface area contributed by atoms with Crippen molar-refractivity contribution < 1.29 is 4.79 Å². The summed E-state index contributed by atoms with van der Waals surface area (Å²) in [6, 6.07) is 7.29. The van der Waals surface area contributed by atoms with Crippen molar-refractivity contribution in [1.29, 1.82) is 0 Å². The van der Waals surface area contributed by atoms with Crippen LogP contribution in [0.25, 0.3) is 5.69 Å². The van der Waals surface area contributed by atoms with E-state index in [9.17, 15) is 4.79 Å². The van der Waals surface area contributed by atoms with E-state index in [4.69, 9.17) is 11.6 Å². The first-order valence-electron chi connectivity index (χ1n) is 8.55. The average molecular weight is 371 g/mol. The topological polar surface area (TPSA) is 76.8 Å². The standard InChI is InChI=1S/C18H19ClN6O/c19-14-11-13(5-6-16(14)25-9-2-7-21-25)22-18(26)23-15-3-1-4-17(15)24-10-8-20-12-24/h2,5-12,15,17H,1,3-4H2,(H2,22,23,26)/t15-,17-/m1/s1. The Hall–Kier alpha value is -2.80. The van der Waals surface area contributed by atoms with Crippen LogP contribution in [0.2, 0.25) is 5.02 Å². The van der Waals surface area contributed by atoms with Crippen molar-refractivity contribution in [1.82, 2.24) is 24.6 Å². The minimum absolute atomic E-state index is 0.0861. The number of aromatic nitrogens is 4. The lowest BCUT2D eigenvalue weighted by molar-refractivity contribution is 0.245. The van der Waals surface area contributed by atoms with Crippen LogP contribution in [0.15, 0.2) is 55.4 Å². The lowest BCUT2D eigenvalue weighted by atomic mass is 10.2. The molecule has 1 aromatic carbocycles. The molecule has 0 spiro atoms. The van der Waals surface area contributed by atoms with Gasteiger partial charge >= 0.3 is 6.03 Å². The van der Waals surface area contributed by atoms with Crippen LogP contribution in [0.5, 0.6) is 0 Å². The predicted octanol–water partition coefficient (Wildman–Crippen LogP) is 3.64. The summed E-state index contributed by atoms with van der Waals surface area (Å²) in [5, 5.41) is 10.6. The van der Waals surface area contributed by atoms with E-state index >= 15 is 0 Å². The second-order valence-electron chi connectivity index (χ2n) is 6.33. The normalized spacial score (nSPS) is 19.4. The summed E-state index contributed by atoms with van der Waals surface area (Å²) in [5.74, 6) is 0. The third kappa shape index (κ3) is 3.43. The molecule has 7 nitrogen and oxygen atoms in total. The lowest BCUT2D eigenvalue weighted by Crippen LogP contribution is -2.40. The number of amides is 2. The van der Waals surface area contributed by atoms with E-state index in [1.165, 1.54) is 0 Å². The number of urea groups is 1. The maximum atomic E-state index is 12.4. The third-order valence-corrected chi connectivity index (χ3v) is 4.96. The van der Waals surface area contributed by atoms with E-state index in [0.717, 1.165) is 24.9 Å². The summed E-state index contributed by atoms with van der Waals surface area (Å²) < 4.78 is 3.74. The van der Waals surface area contributed by atoms with Crippen molar-refractivity contribution in [3.05, 3.63) is 60.4 Å². The molecule has 1 aliphatic rings. The first-order valence-corrected chi connectivity index (χ1v) is 8.93. The molecule has 0 aliphatic heterocycles. The van der Waals surface area contributed by atoms with Crippen molar-refractivity contribution in [3.8, 4) is 5.69 Å². The van der Waals surface area contributed by atoms with Crippen LogP contribution < -0.4 is 10.6 Å². The number of hydrogen-bond acceptors (Lipinski definition) is 3. The summed E-state index contributed by atoms with van der Waals surface area (Å²) in [6.07, 6.45) is 12.1. The molecule has 0 saturated heterocycles. The summed E-state index contributed by atoms with van der Waals surface area (Å²) in [4.78, 5) is 16.5. The van der Waals surface area contributed by atoms with Gasteiger partial charge in [-0.1, -0.05) is 11.6 Å².